The summed E-state index contributed by atoms with van der Waals surface area (Å²) in [5.41, 5.74) is 1.05. The van der Waals surface area contributed by atoms with Gasteiger partial charge in [0.2, 0.25) is 17.7 Å². The second-order valence-corrected chi connectivity index (χ2v) is 6.80. The molecule has 0 saturated heterocycles. The zero-order chi connectivity index (χ0) is 20.2. The first-order valence-corrected chi connectivity index (χ1v) is 9.32. The van der Waals surface area contributed by atoms with Crippen LogP contribution in [0.1, 0.15) is 31.7 Å². The first kappa shape index (κ1) is 25.9. The average molecular weight is 413 g/mol. The summed E-state index contributed by atoms with van der Waals surface area (Å²) >= 11 is 0. The van der Waals surface area contributed by atoms with Crippen molar-refractivity contribution >= 4 is 30.1 Å². The highest BCUT2D eigenvalue weighted by Gasteiger charge is 2.25. The normalized spacial score (nSPS) is 12.3. The molecule has 0 saturated carbocycles. The number of likely N-dealkylation sites (N-methyl/N-ethyl adjacent to an activating group) is 2. The molecule has 2 atom stereocenters. The Morgan fingerprint density at radius 3 is 2.21 bits per heavy atom. The molecule has 0 aromatic heterocycles. The summed E-state index contributed by atoms with van der Waals surface area (Å²) in [4.78, 5) is 37.5. The molecule has 0 unspecified atom stereocenters. The van der Waals surface area contributed by atoms with E-state index < -0.39 is 12.1 Å². The van der Waals surface area contributed by atoms with E-state index in [0.717, 1.165) is 18.4 Å². The summed E-state index contributed by atoms with van der Waals surface area (Å²) in [6, 6.07) is 8.77. The number of hydrogen-bond acceptors (Lipinski definition) is 4. The van der Waals surface area contributed by atoms with Crippen LogP contribution in [-0.4, -0.2) is 62.4 Å². The molecule has 0 spiro atoms. The van der Waals surface area contributed by atoms with E-state index in [-0.39, 0.29) is 30.1 Å². The molecule has 3 N–H and O–H groups in total. The second-order valence-electron chi connectivity index (χ2n) is 6.80. The third kappa shape index (κ3) is 9.71. The highest BCUT2D eigenvalue weighted by atomic mass is 35.5. The van der Waals surface area contributed by atoms with Gasteiger partial charge in [-0.25, -0.2) is 0 Å². The lowest BCUT2D eigenvalue weighted by molar-refractivity contribution is -0.135. The predicted molar refractivity (Wildman–Crippen MR) is 113 cm³/mol. The van der Waals surface area contributed by atoms with E-state index in [4.69, 9.17) is 0 Å². The van der Waals surface area contributed by atoms with Crippen LogP contribution in [0.25, 0.3) is 0 Å². The lowest BCUT2D eigenvalue weighted by Gasteiger charge is -2.24. The minimum absolute atomic E-state index is 0. The monoisotopic (exact) mass is 412 g/mol. The van der Waals surface area contributed by atoms with Crippen molar-refractivity contribution in [2.24, 2.45) is 0 Å². The number of halogens is 1. The number of amides is 3. The molecule has 0 fully saturated rings. The number of carbonyl (C=O) groups is 3. The Labute approximate surface area is 174 Å². The summed E-state index contributed by atoms with van der Waals surface area (Å²) < 4.78 is 0. The molecule has 1 rings (SSSR count). The molecule has 0 aliphatic rings. The maximum atomic E-state index is 12.7. The van der Waals surface area contributed by atoms with Gasteiger partial charge in [0.05, 0.1) is 6.04 Å². The quantitative estimate of drug-likeness (QED) is 0.475. The van der Waals surface area contributed by atoms with E-state index in [2.05, 4.69) is 16.0 Å². The third-order valence-electron chi connectivity index (χ3n) is 4.30. The lowest BCUT2D eigenvalue weighted by atomic mass is 10.0. The molecule has 0 radical (unpaired) electrons. The molecule has 0 aliphatic carbocycles. The molecule has 7 nitrogen and oxygen atoms in total. The molecule has 28 heavy (non-hydrogen) atoms. The summed E-state index contributed by atoms with van der Waals surface area (Å²) in [6.45, 7) is 2.04. The van der Waals surface area contributed by atoms with Crippen molar-refractivity contribution in [3.63, 3.8) is 0 Å². The SMILES string of the molecule is CN[C@H](Cc1ccccc1)C(=O)N[C@@H](CCCCNC(C)=O)C(=O)N(C)C.Cl. The van der Waals surface area contributed by atoms with Crippen molar-refractivity contribution in [1.82, 2.24) is 20.9 Å². The van der Waals surface area contributed by atoms with Crippen molar-refractivity contribution in [2.45, 2.75) is 44.7 Å². The van der Waals surface area contributed by atoms with Crippen LogP contribution >= 0.6 is 12.4 Å². The van der Waals surface area contributed by atoms with Crippen molar-refractivity contribution < 1.29 is 14.4 Å². The Balaban J connectivity index is 0.00000729. The smallest absolute Gasteiger partial charge is 0.244 e. The number of rotatable bonds is 11. The fourth-order valence-corrected chi connectivity index (χ4v) is 2.75. The van der Waals surface area contributed by atoms with Crippen LogP contribution < -0.4 is 16.0 Å². The first-order valence-electron chi connectivity index (χ1n) is 9.32. The fourth-order valence-electron chi connectivity index (χ4n) is 2.75. The molecule has 0 heterocycles. The largest absolute Gasteiger partial charge is 0.356 e. The van der Waals surface area contributed by atoms with Crippen molar-refractivity contribution in [3.8, 4) is 0 Å². The summed E-state index contributed by atoms with van der Waals surface area (Å²) in [5, 5.41) is 8.65. The molecule has 158 valence electrons. The Kier molecular flexibility index (Phi) is 12.9. The molecule has 0 bridgehead atoms. The van der Waals surface area contributed by atoms with Gasteiger partial charge in [0.25, 0.3) is 0 Å². The van der Waals surface area contributed by atoms with Crippen molar-refractivity contribution in [1.29, 1.82) is 0 Å². The number of nitrogens with zero attached hydrogens (tertiary/aromatic N) is 1. The zero-order valence-corrected chi connectivity index (χ0v) is 18.0. The number of nitrogens with one attached hydrogen (secondary N) is 3. The van der Waals surface area contributed by atoms with E-state index in [9.17, 15) is 14.4 Å². The van der Waals surface area contributed by atoms with Crippen LogP contribution in [0.15, 0.2) is 30.3 Å². The Morgan fingerprint density at radius 1 is 1.04 bits per heavy atom. The molecule has 8 heteroatoms. The average Bonchev–Trinajstić information content (AvgIpc) is 2.64. The van der Waals surface area contributed by atoms with Crippen LogP contribution in [0, 0.1) is 0 Å². The van der Waals surface area contributed by atoms with Gasteiger partial charge in [0, 0.05) is 27.6 Å². The van der Waals surface area contributed by atoms with Crippen LogP contribution in [-0.2, 0) is 20.8 Å². The fraction of sp³-hybridized carbons (Fsp3) is 0.550. The van der Waals surface area contributed by atoms with Crippen LogP contribution in [0.3, 0.4) is 0 Å². The first-order chi connectivity index (χ1) is 12.8. The van der Waals surface area contributed by atoms with Gasteiger partial charge < -0.3 is 20.9 Å². The maximum Gasteiger partial charge on any atom is 0.244 e. The van der Waals surface area contributed by atoms with E-state index >= 15 is 0 Å². The topological polar surface area (TPSA) is 90.5 Å². The molecular formula is C20H33ClN4O3. The Hall–Kier alpha value is -2.12. The van der Waals surface area contributed by atoms with Gasteiger partial charge in [-0.1, -0.05) is 30.3 Å². The van der Waals surface area contributed by atoms with Gasteiger partial charge in [0.1, 0.15) is 6.04 Å². The third-order valence-corrected chi connectivity index (χ3v) is 4.30. The minimum atomic E-state index is -0.573. The van der Waals surface area contributed by atoms with E-state index in [0.29, 0.717) is 19.4 Å². The van der Waals surface area contributed by atoms with Crippen molar-refractivity contribution in [3.05, 3.63) is 35.9 Å². The van der Waals surface area contributed by atoms with Gasteiger partial charge in [-0.15, -0.1) is 12.4 Å². The summed E-state index contributed by atoms with van der Waals surface area (Å²) in [5.74, 6) is -0.386. The zero-order valence-electron chi connectivity index (χ0n) is 17.2. The molecule has 1 aromatic rings. The van der Waals surface area contributed by atoms with Gasteiger partial charge in [-0.3, -0.25) is 14.4 Å². The van der Waals surface area contributed by atoms with Crippen LogP contribution in [0.2, 0.25) is 0 Å². The van der Waals surface area contributed by atoms with Crippen LogP contribution in [0.5, 0.6) is 0 Å². The van der Waals surface area contributed by atoms with Gasteiger partial charge in [-0.05, 0) is 38.3 Å². The maximum absolute atomic E-state index is 12.7. The Bertz CT molecular complexity index is 611. The number of unbranched alkanes of at least 4 members (excludes halogenated alkanes) is 1. The van der Waals surface area contributed by atoms with E-state index in [1.54, 1.807) is 21.1 Å². The van der Waals surface area contributed by atoms with Gasteiger partial charge >= 0.3 is 0 Å². The summed E-state index contributed by atoms with van der Waals surface area (Å²) in [6.07, 6.45) is 2.57. The number of benzene rings is 1. The van der Waals surface area contributed by atoms with E-state index in [1.165, 1.54) is 11.8 Å². The lowest BCUT2D eigenvalue weighted by Crippen LogP contribution is -2.52. The van der Waals surface area contributed by atoms with Gasteiger partial charge in [-0.2, -0.15) is 0 Å². The molecule has 3 amide bonds. The Morgan fingerprint density at radius 2 is 1.68 bits per heavy atom. The molecule has 1 aromatic carbocycles. The van der Waals surface area contributed by atoms with E-state index in [1.807, 2.05) is 30.3 Å². The van der Waals surface area contributed by atoms with Crippen molar-refractivity contribution in [2.75, 3.05) is 27.7 Å². The number of hydrogen-bond donors (Lipinski definition) is 3. The van der Waals surface area contributed by atoms with Gasteiger partial charge in [0.15, 0.2) is 0 Å². The predicted octanol–water partition coefficient (Wildman–Crippen LogP) is 1.12. The molecule has 0 aliphatic heterocycles. The number of carbonyl (C=O) groups excluding carboxylic acids is 3. The second kappa shape index (κ2) is 14.0. The molecular weight excluding hydrogens is 380 g/mol. The standard InChI is InChI=1S/C20H32N4O3.ClH/c1-15(25)22-13-9-8-12-17(20(27)24(3)4)23-19(26)18(21-2)14-16-10-6-5-7-11-16;/h5-7,10-11,17-18,21H,8-9,12-14H2,1-4H3,(H,22,25)(H,23,26);1H/t17-,18+;/m0./s1. The highest BCUT2D eigenvalue weighted by molar-refractivity contribution is 5.89. The minimum Gasteiger partial charge on any atom is -0.356 e. The highest BCUT2D eigenvalue weighted by Crippen LogP contribution is 2.07. The van der Waals surface area contributed by atoms with Crippen LogP contribution in [0.4, 0.5) is 0 Å². The summed E-state index contributed by atoms with van der Waals surface area (Å²) in [7, 11) is 5.10.